The lowest BCUT2D eigenvalue weighted by Crippen LogP contribution is -2.47. The highest BCUT2D eigenvalue weighted by atomic mass is 32.2. The standard InChI is InChI=1S/C18H28N2O4S/c1-3-14-25(22,23)20-12-10-16(11-13-20)19-18(21)9-8-15-6-4-5-7-17(15)24-2/h4-7,16H,3,8-14H2,1-2H3,(H,19,21). The van der Waals surface area contributed by atoms with E-state index in [4.69, 9.17) is 4.74 Å². The van der Waals surface area contributed by atoms with Crippen molar-refractivity contribution in [2.75, 3.05) is 26.0 Å². The quantitative estimate of drug-likeness (QED) is 0.761. The normalized spacial score (nSPS) is 16.6. The summed E-state index contributed by atoms with van der Waals surface area (Å²) < 4.78 is 31.0. The van der Waals surface area contributed by atoms with Gasteiger partial charge in [-0.2, -0.15) is 0 Å². The molecule has 0 radical (unpaired) electrons. The first-order chi connectivity index (χ1) is 12.0. The van der Waals surface area contributed by atoms with Crippen LogP contribution in [0.5, 0.6) is 5.75 Å². The first-order valence-corrected chi connectivity index (χ1v) is 10.5. The van der Waals surface area contributed by atoms with Crippen LogP contribution in [0.25, 0.3) is 0 Å². The molecule has 25 heavy (non-hydrogen) atoms. The highest BCUT2D eigenvalue weighted by Crippen LogP contribution is 2.19. The molecule has 1 fully saturated rings. The van der Waals surface area contributed by atoms with Crippen molar-refractivity contribution in [3.05, 3.63) is 29.8 Å². The molecular formula is C18H28N2O4S. The van der Waals surface area contributed by atoms with Crippen molar-refractivity contribution in [1.29, 1.82) is 0 Å². The summed E-state index contributed by atoms with van der Waals surface area (Å²) in [4.78, 5) is 12.2. The molecule has 1 saturated heterocycles. The van der Waals surface area contributed by atoms with Crippen LogP contribution in [0, 0.1) is 0 Å². The van der Waals surface area contributed by atoms with Gasteiger partial charge in [0.1, 0.15) is 5.75 Å². The van der Waals surface area contributed by atoms with Crippen LogP contribution in [-0.2, 0) is 21.2 Å². The van der Waals surface area contributed by atoms with E-state index in [-0.39, 0.29) is 17.7 Å². The Kier molecular flexibility index (Phi) is 7.25. The van der Waals surface area contributed by atoms with E-state index >= 15 is 0 Å². The summed E-state index contributed by atoms with van der Waals surface area (Å²) in [6, 6.07) is 7.74. The highest BCUT2D eigenvalue weighted by molar-refractivity contribution is 7.89. The molecule has 1 aromatic carbocycles. The zero-order chi connectivity index (χ0) is 18.3. The molecule has 1 aliphatic rings. The second-order valence-electron chi connectivity index (χ2n) is 6.37. The van der Waals surface area contributed by atoms with Gasteiger partial charge in [-0.3, -0.25) is 4.79 Å². The van der Waals surface area contributed by atoms with Gasteiger partial charge in [-0.25, -0.2) is 12.7 Å². The van der Waals surface area contributed by atoms with Crippen molar-refractivity contribution in [2.24, 2.45) is 0 Å². The summed E-state index contributed by atoms with van der Waals surface area (Å²) in [6.45, 7) is 2.84. The molecule has 140 valence electrons. The first kappa shape index (κ1) is 19.7. The number of nitrogens with zero attached hydrogens (tertiary/aromatic N) is 1. The Morgan fingerprint density at radius 3 is 2.60 bits per heavy atom. The summed E-state index contributed by atoms with van der Waals surface area (Å²) in [6.07, 6.45) is 2.99. The summed E-state index contributed by atoms with van der Waals surface area (Å²) >= 11 is 0. The van der Waals surface area contributed by atoms with E-state index in [1.165, 1.54) is 0 Å². The molecule has 1 aliphatic heterocycles. The number of piperidine rings is 1. The van der Waals surface area contributed by atoms with Crippen molar-refractivity contribution in [1.82, 2.24) is 9.62 Å². The fraction of sp³-hybridized carbons (Fsp3) is 0.611. The minimum absolute atomic E-state index is 0.000714. The second kappa shape index (κ2) is 9.20. The van der Waals surface area contributed by atoms with E-state index < -0.39 is 10.0 Å². The predicted octanol–water partition coefficient (Wildman–Crippen LogP) is 1.95. The lowest BCUT2D eigenvalue weighted by Gasteiger charge is -2.31. The molecule has 1 heterocycles. The Morgan fingerprint density at radius 1 is 1.28 bits per heavy atom. The first-order valence-electron chi connectivity index (χ1n) is 8.85. The van der Waals surface area contributed by atoms with Crippen LogP contribution in [-0.4, -0.2) is 50.6 Å². The third-order valence-corrected chi connectivity index (χ3v) is 6.56. The van der Waals surface area contributed by atoms with Crippen LogP contribution in [0.2, 0.25) is 0 Å². The molecule has 1 amide bonds. The Hall–Kier alpha value is -1.60. The fourth-order valence-electron chi connectivity index (χ4n) is 3.12. The van der Waals surface area contributed by atoms with Gasteiger partial charge in [0.05, 0.1) is 12.9 Å². The van der Waals surface area contributed by atoms with Gasteiger partial charge < -0.3 is 10.1 Å². The van der Waals surface area contributed by atoms with Crippen molar-refractivity contribution in [3.8, 4) is 5.75 Å². The van der Waals surface area contributed by atoms with E-state index in [1.54, 1.807) is 11.4 Å². The molecule has 6 nitrogen and oxygen atoms in total. The van der Waals surface area contributed by atoms with Gasteiger partial charge >= 0.3 is 0 Å². The number of nitrogens with one attached hydrogen (secondary N) is 1. The number of amides is 1. The second-order valence-corrected chi connectivity index (χ2v) is 8.46. The van der Waals surface area contributed by atoms with Gasteiger partial charge in [0, 0.05) is 25.6 Å². The maximum absolute atomic E-state index is 12.2. The number of carbonyl (C=O) groups excluding carboxylic acids is 1. The maximum atomic E-state index is 12.2. The number of hydrogen-bond donors (Lipinski definition) is 1. The number of ether oxygens (including phenoxy) is 1. The van der Waals surface area contributed by atoms with Crippen molar-refractivity contribution < 1.29 is 17.9 Å². The van der Waals surface area contributed by atoms with Crippen LogP contribution in [0.15, 0.2) is 24.3 Å². The number of sulfonamides is 1. The minimum Gasteiger partial charge on any atom is -0.496 e. The van der Waals surface area contributed by atoms with Crippen LogP contribution in [0.1, 0.15) is 38.2 Å². The molecule has 0 unspecified atom stereocenters. The molecule has 2 rings (SSSR count). The number of rotatable bonds is 8. The van der Waals surface area contributed by atoms with Crippen LogP contribution in [0.4, 0.5) is 0 Å². The van der Waals surface area contributed by atoms with Gasteiger partial charge in [-0.15, -0.1) is 0 Å². The third kappa shape index (κ3) is 5.71. The lowest BCUT2D eigenvalue weighted by atomic mass is 10.1. The summed E-state index contributed by atoms with van der Waals surface area (Å²) in [5.74, 6) is 0.994. The Labute approximate surface area is 150 Å². The monoisotopic (exact) mass is 368 g/mol. The Morgan fingerprint density at radius 2 is 1.96 bits per heavy atom. The van der Waals surface area contributed by atoms with E-state index in [1.807, 2.05) is 31.2 Å². The molecule has 7 heteroatoms. The smallest absolute Gasteiger partial charge is 0.220 e. The van der Waals surface area contributed by atoms with E-state index in [9.17, 15) is 13.2 Å². The van der Waals surface area contributed by atoms with Gasteiger partial charge in [-0.05, 0) is 37.3 Å². The molecule has 1 N–H and O–H groups in total. The highest BCUT2D eigenvalue weighted by Gasteiger charge is 2.27. The van der Waals surface area contributed by atoms with Gasteiger partial charge in [0.25, 0.3) is 0 Å². The van der Waals surface area contributed by atoms with Crippen LogP contribution < -0.4 is 10.1 Å². The average Bonchev–Trinajstić information content (AvgIpc) is 2.60. The Bertz CT molecular complexity index is 667. The van der Waals surface area contributed by atoms with Crippen LogP contribution in [0.3, 0.4) is 0 Å². The number of hydrogen-bond acceptors (Lipinski definition) is 4. The summed E-state index contributed by atoms with van der Waals surface area (Å²) in [5, 5.41) is 3.03. The topological polar surface area (TPSA) is 75.7 Å². The lowest BCUT2D eigenvalue weighted by molar-refractivity contribution is -0.122. The summed E-state index contributed by atoms with van der Waals surface area (Å²) in [5.41, 5.74) is 1.01. The van der Waals surface area contributed by atoms with E-state index in [0.29, 0.717) is 45.2 Å². The SMILES string of the molecule is CCCS(=O)(=O)N1CCC(NC(=O)CCc2ccccc2OC)CC1. The fourth-order valence-corrected chi connectivity index (χ4v) is 4.66. The molecule has 0 bridgehead atoms. The largest absolute Gasteiger partial charge is 0.496 e. The molecule has 0 aromatic heterocycles. The zero-order valence-electron chi connectivity index (χ0n) is 15.0. The minimum atomic E-state index is -3.13. The predicted molar refractivity (Wildman–Crippen MR) is 98.1 cm³/mol. The molecule has 1 aromatic rings. The third-order valence-electron chi connectivity index (χ3n) is 4.49. The number of methoxy groups -OCH3 is 1. The van der Waals surface area contributed by atoms with Crippen molar-refractivity contribution in [3.63, 3.8) is 0 Å². The zero-order valence-corrected chi connectivity index (χ0v) is 15.8. The molecule has 0 spiro atoms. The van der Waals surface area contributed by atoms with Gasteiger partial charge in [-0.1, -0.05) is 25.1 Å². The molecule has 0 atom stereocenters. The summed E-state index contributed by atoms with van der Waals surface area (Å²) in [7, 11) is -1.51. The van der Waals surface area contributed by atoms with Gasteiger partial charge in [0.2, 0.25) is 15.9 Å². The number of benzene rings is 1. The number of aryl methyl sites for hydroxylation is 1. The van der Waals surface area contributed by atoms with Gasteiger partial charge in [0.15, 0.2) is 0 Å². The van der Waals surface area contributed by atoms with E-state index in [2.05, 4.69) is 5.32 Å². The van der Waals surface area contributed by atoms with Crippen molar-refractivity contribution in [2.45, 2.75) is 45.1 Å². The molecule has 0 aliphatic carbocycles. The molecule has 0 saturated carbocycles. The van der Waals surface area contributed by atoms with E-state index in [0.717, 1.165) is 11.3 Å². The molecular weight excluding hydrogens is 340 g/mol. The average molecular weight is 368 g/mol. The number of para-hydroxylation sites is 1. The maximum Gasteiger partial charge on any atom is 0.220 e. The van der Waals surface area contributed by atoms with Crippen LogP contribution >= 0.6 is 0 Å². The Balaban J connectivity index is 1.77. The number of carbonyl (C=O) groups is 1. The van der Waals surface area contributed by atoms with Crippen molar-refractivity contribution >= 4 is 15.9 Å².